The van der Waals surface area contributed by atoms with E-state index in [-0.39, 0.29) is 22.2 Å². The van der Waals surface area contributed by atoms with Crippen LogP contribution in [-0.4, -0.2) is 44.3 Å². The molecule has 0 aromatic heterocycles. The molecule has 202 valence electrons. The molecule has 3 aromatic carbocycles. The van der Waals surface area contributed by atoms with E-state index in [1.54, 1.807) is 38.1 Å². The van der Waals surface area contributed by atoms with Crippen molar-refractivity contribution in [2.24, 2.45) is 0 Å². The van der Waals surface area contributed by atoms with Crippen LogP contribution in [0.4, 0.5) is 5.69 Å². The van der Waals surface area contributed by atoms with Crippen molar-refractivity contribution >= 4 is 73.9 Å². The smallest absolute Gasteiger partial charge is 0.264 e. The second kappa shape index (κ2) is 13.0. The molecule has 0 bridgehead atoms. The fraction of sp³-hybridized carbons (Fsp3) is 0.231. The molecular formula is C26H25Cl4N3O4S. The monoisotopic (exact) mass is 615 g/mol. The van der Waals surface area contributed by atoms with Crippen LogP contribution < -0.4 is 9.62 Å². The quantitative estimate of drug-likeness (QED) is 0.300. The average molecular weight is 617 g/mol. The highest BCUT2D eigenvalue weighted by molar-refractivity contribution is 7.92. The Kier molecular flexibility index (Phi) is 10.3. The van der Waals surface area contributed by atoms with Crippen LogP contribution >= 0.6 is 46.4 Å². The van der Waals surface area contributed by atoms with E-state index in [9.17, 15) is 18.0 Å². The Bertz CT molecular complexity index is 1420. The van der Waals surface area contributed by atoms with Gasteiger partial charge in [0.1, 0.15) is 12.6 Å². The molecule has 38 heavy (non-hydrogen) atoms. The summed E-state index contributed by atoms with van der Waals surface area (Å²) >= 11 is 24.5. The third-order valence-corrected chi connectivity index (χ3v) is 8.51. The lowest BCUT2D eigenvalue weighted by atomic mass is 10.1. The number of rotatable bonds is 10. The maximum Gasteiger partial charge on any atom is 0.264 e. The van der Waals surface area contributed by atoms with E-state index in [0.717, 1.165) is 4.31 Å². The SMILES string of the molecule is CCNC(=O)[C@H](C)N(Cc1ccc(Cl)cc1Cl)C(=O)CN(c1cccc(Cl)c1)S(=O)(=O)c1ccc(Cl)cc1. The van der Waals surface area contributed by atoms with Crippen molar-refractivity contribution in [1.82, 2.24) is 10.2 Å². The van der Waals surface area contributed by atoms with E-state index in [0.29, 0.717) is 27.2 Å². The molecule has 0 unspecified atom stereocenters. The first-order chi connectivity index (χ1) is 17.9. The summed E-state index contributed by atoms with van der Waals surface area (Å²) in [5.74, 6) is -1.03. The van der Waals surface area contributed by atoms with Gasteiger partial charge in [-0.2, -0.15) is 0 Å². The van der Waals surface area contributed by atoms with E-state index >= 15 is 0 Å². The van der Waals surface area contributed by atoms with Crippen LogP contribution in [-0.2, 0) is 26.2 Å². The lowest BCUT2D eigenvalue weighted by Crippen LogP contribution is -2.51. The molecule has 0 aliphatic rings. The number of likely N-dealkylation sites (N-methyl/N-ethyl adjacent to an activating group) is 1. The zero-order valence-corrected chi connectivity index (χ0v) is 24.3. The Morgan fingerprint density at radius 2 is 1.53 bits per heavy atom. The van der Waals surface area contributed by atoms with Crippen molar-refractivity contribution in [3.63, 3.8) is 0 Å². The minimum atomic E-state index is -4.23. The molecule has 0 aliphatic heterocycles. The first-order valence-corrected chi connectivity index (χ1v) is 14.4. The van der Waals surface area contributed by atoms with Gasteiger partial charge in [-0.15, -0.1) is 0 Å². The van der Waals surface area contributed by atoms with Gasteiger partial charge in [0.05, 0.1) is 10.6 Å². The molecule has 0 aliphatic carbocycles. The molecule has 0 heterocycles. The molecule has 0 spiro atoms. The van der Waals surface area contributed by atoms with Gasteiger partial charge in [-0.25, -0.2) is 8.42 Å². The Morgan fingerprint density at radius 1 is 0.895 bits per heavy atom. The summed E-state index contributed by atoms with van der Waals surface area (Å²) in [6.45, 7) is 3.00. The van der Waals surface area contributed by atoms with Gasteiger partial charge < -0.3 is 10.2 Å². The van der Waals surface area contributed by atoms with Gasteiger partial charge in [-0.05, 0) is 74.0 Å². The number of nitrogens with zero attached hydrogens (tertiary/aromatic N) is 2. The lowest BCUT2D eigenvalue weighted by molar-refractivity contribution is -0.139. The van der Waals surface area contributed by atoms with Gasteiger partial charge in [-0.3, -0.25) is 13.9 Å². The molecule has 0 radical (unpaired) electrons. The van der Waals surface area contributed by atoms with Crippen molar-refractivity contribution in [1.29, 1.82) is 0 Å². The number of sulfonamides is 1. The Hall–Kier alpha value is -2.49. The van der Waals surface area contributed by atoms with Gasteiger partial charge >= 0.3 is 0 Å². The van der Waals surface area contributed by atoms with Crippen LogP contribution in [0.1, 0.15) is 19.4 Å². The van der Waals surface area contributed by atoms with E-state index in [1.807, 2.05) is 0 Å². The highest BCUT2D eigenvalue weighted by Crippen LogP contribution is 2.28. The Morgan fingerprint density at radius 3 is 2.13 bits per heavy atom. The highest BCUT2D eigenvalue weighted by Gasteiger charge is 2.32. The van der Waals surface area contributed by atoms with E-state index in [2.05, 4.69) is 5.32 Å². The van der Waals surface area contributed by atoms with E-state index < -0.39 is 34.4 Å². The third-order valence-electron chi connectivity index (χ3n) is 5.65. The molecular weight excluding hydrogens is 592 g/mol. The maximum atomic E-state index is 13.8. The van der Waals surface area contributed by atoms with Gasteiger partial charge in [0.2, 0.25) is 11.8 Å². The Labute approximate surface area is 242 Å². The minimum absolute atomic E-state index is 0.0580. The number of hydrogen-bond donors (Lipinski definition) is 1. The van der Waals surface area contributed by atoms with Crippen LogP contribution in [0.15, 0.2) is 71.6 Å². The number of nitrogens with one attached hydrogen (secondary N) is 1. The summed E-state index contributed by atoms with van der Waals surface area (Å²) < 4.78 is 28.4. The number of halogens is 4. The van der Waals surface area contributed by atoms with Crippen LogP contribution in [0.5, 0.6) is 0 Å². The predicted molar refractivity (Wildman–Crippen MR) is 153 cm³/mol. The van der Waals surface area contributed by atoms with Crippen molar-refractivity contribution in [3.8, 4) is 0 Å². The molecule has 1 N–H and O–H groups in total. The van der Waals surface area contributed by atoms with Gasteiger partial charge in [0, 0.05) is 33.2 Å². The lowest BCUT2D eigenvalue weighted by Gasteiger charge is -2.32. The summed E-state index contributed by atoms with van der Waals surface area (Å²) in [4.78, 5) is 27.7. The summed E-state index contributed by atoms with van der Waals surface area (Å²) in [7, 11) is -4.23. The fourth-order valence-electron chi connectivity index (χ4n) is 3.63. The zero-order chi connectivity index (χ0) is 28.0. The molecule has 0 saturated carbocycles. The highest BCUT2D eigenvalue weighted by atomic mass is 35.5. The molecule has 1 atom stereocenters. The number of amides is 2. The largest absolute Gasteiger partial charge is 0.355 e. The van der Waals surface area contributed by atoms with Crippen molar-refractivity contribution in [2.45, 2.75) is 31.3 Å². The van der Waals surface area contributed by atoms with Gasteiger partial charge in [0.25, 0.3) is 10.0 Å². The Balaban J connectivity index is 2.05. The van der Waals surface area contributed by atoms with Crippen molar-refractivity contribution in [3.05, 3.63) is 92.4 Å². The minimum Gasteiger partial charge on any atom is -0.355 e. The summed E-state index contributed by atoms with van der Waals surface area (Å²) in [6.07, 6.45) is 0. The number of benzene rings is 3. The molecule has 2 amide bonds. The van der Waals surface area contributed by atoms with Crippen molar-refractivity contribution < 1.29 is 18.0 Å². The normalized spacial score (nSPS) is 12.1. The summed E-state index contributed by atoms with van der Waals surface area (Å²) in [5, 5.41) is 4.05. The molecule has 3 rings (SSSR count). The topological polar surface area (TPSA) is 86.8 Å². The molecule has 3 aromatic rings. The average Bonchev–Trinajstić information content (AvgIpc) is 2.86. The van der Waals surface area contributed by atoms with E-state index in [4.69, 9.17) is 46.4 Å². The maximum absolute atomic E-state index is 13.8. The number of anilines is 1. The van der Waals surface area contributed by atoms with Crippen LogP contribution in [0.3, 0.4) is 0 Å². The molecule has 12 heteroatoms. The van der Waals surface area contributed by atoms with Crippen LogP contribution in [0, 0.1) is 0 Å². The number of carbonyl (C=O) groups is 2. The molecule has 0 fully saturated rings. The second-order valence-corrected chi connectivity index (χ2v) is 11.9. The van der Waals surface area contributed by atoms with Crippen LogP contribution in [0.2, 0.25) is 20.1 Å². The van der Waals surface area contributed by atoms with Gasteiger partial charge in [0.15, 0.2) is 0 Å². The van der Waals surface area contributed by atoms with Gasteiger partial charge in [-0.1, -0.05) is 58.5 Å². The number of carbonyl (C=O) groups excluding carboxylic acids is 2. The summed E-state index contributed by atoms with van der Waals surface area (Å²) in [6, 6.07) is 15.6. The van der Waals surface area contributed by atoms with E-state index in [1.165, 1.54) is 47.4 Å². The number of hydrogen-bond acceptors (Lipinski definition) is 4. The first-order valence-electron chi connectivity index (χ1n) is 11.5. The molecule has 0 saturated heterocycles. The predicted octanol–water partition coefficient (Wildman–Crippen LogP) is 6.05. The van der Waals surface area contributed by atoms with Crippen molar-refractivity contribution in [2.75, 3.05) is 17.4 Å². The zero-order valence-electron chi connectivity index (χ0n) is 20.5. The van der Waals surface area contributed by atoms with Crippen LogP contribution in [0.25, 0.3) is 0 Å². The first kappa shape index (κ1) is 30.1. The standard InChI is InChI=1S/C26H25Cl4N3O4S/c1-3-31-26(35)17(2)32(15-18-7-8-21(29)14-24(18)30)25(34)16-33(22-6-4-5-20(28)13-22)38(36,37)23-11-9-19(27)10-12-23/h4-14,17H,3,15-16H2,1-2H3,(H,31,35)/t17-/m0/s1. The molecule has 7 nitrogen and oxygen atoms in total. The summed E-state index contributed by atoms with van der Waals surface area (Å²) in [5.41, 5.74) is 0.714. The third kappa shape index (κ3) is 7.33. The fourth-order valence-corrected chi connectivity index (χ4v) is 5.82. The second-order valence-electron chi connectivity index (χ2n) is 8.27.